The van der Waals surface area contributed by atoms with Crippen LogP contribution in [0.15, 0.2) is 24.3 Å². The van der Waals surface area contributed by atoms with E-state index in [0.29, 0.717) is 0 Å². The van der Waals surface area contributed by atoms with Crippen LogP contribution in [0.1, 0.15) is 18.4 Å². The maximum atomic E-state index is 3.51. The van der Waals surface area contributed by atoms with Gasteiger partial charge in [-0.15, -0.1) is 0 Å². The Balaban J connectivity index is 2.10. The smallest absolute Gasteiger partial charge is 0.0373 e. The summed E-state index contributed by atoms with van der Waals surface area (Å²) in [5.41, 5.74) is 2.75. The number of anilines is 1. The van der Waals surface area contributed by atoms with Crippen molar-refractivity contribution in [3.63, 3.8) is 0 Å². The van der Waals surface area contributed by atoms with Gasteiger partial charge in [0.15, 0.2) is 0 Å². The van der Waals surface area contributed by atoms with Crippen LogP contribution in [0.25, 0.3) is 0 Å². The molecule has 1 heterocycles. The average Bonchev–Trinajstić information content (AvgIpc) is 2.25. The van der Waals surface area contributed by atoms with Crippen molar-refractivity contribution in [2.24, 2.45) is 0 Å². The van der Waals surface area contributed by atoms with E-state index in [1.165, 1.54) is 24.1 Å². The lowest BCUT2D eigenvalue weighted by molar-refractivity contribution is 0.627. The van der Waals surface area contributed by atoms with E-state index in [9.17, 15) is 0 Å². The van der Waals surface area contributed by atoms with E-state index in [-0.39, 0.29) is 0 Å². The van der Waals surface area contributed by atoms with Gasteiger partial charge in [0.25, 0.3) is 0 Å². The molecule has 0 aliphatic carbocycles. The summed E-state index contributed by atoms with van der Waals surface area (Å²) in [6.45, 7) is 3.35. The van der Waals surface area contributed by atoms with Gasteiger partial charge in [-0.3, -0.25) is 0 Å². The maximum absolute atomic E-state index is 3.51. The van der Waals surface area contributed by atoms with E-state index in [4.69, 9.17) is 0 Å². The van der Waals surface area contributed by atoms with Gasteiger partial charge in [-0.1, -0.05) is 18.2 Å². The molecule has 2 rings (SSSR count). The van der Waals surface area contributed by atoms with E-state index in [1.807, 2.05) is 0 Å². The number of fused-ring (bicyclic) bond motifs is 1. The normalized spacial score (nSPS) is 18.0. The molecule has 2 nitrogen and oxygen atoms in total. The molecule has 1 aromatic rings. The van der Waals surface area contributed by atoms with Gasteiger partial charge in [-0.2, -0.15) is 0 Å². The second kappa shape index (κ2) is 5.01. The van der Waals surface area contributed by atoms with Gasteiger partial charge in [0, 0.05) is 12.2 Å². The van der Waals surface area contributed by atoms with Crippen molar-refractivity contribution in [1.29, 1.82) is 0 Å². The Labute approximate surface area is 85.7 Å². The first-order chi connectivity index (χ1) is 6.97. The van der Waals surface area contributed by atoms with Crippen molar-refractivity contribution in [2.45, 2.75) is 19.3 Å². The standard InChI is InChI=1S/C12H18N2/c1-2-6-12-11(5-1)7-10-13-8-3-4-9-14-12/h1-2,5-6,13-14H,3-4,7-10H2. The van der Waals surface area contributed by atoms with E-state index in [1.54, 1.807) is 0 Å². The summed E-state index contributed by atoms with van der Waals surface area (Å²) in [7, 11) is 0. The fourth-order valence-corrected chi connectivity index (χ4v) is 1.86. The van der Waals surface area contributed by atoms with E-state index in [2.05, 4.69) is 34.9 Å². The van der Waals surface area contributed by atoms with Crippen molar-refractivity contribution in [3.05, 3.63) is 29.8 Å². The molecule has 0 bridgehead atoms. The lowest BCUT2D eigenvalue weighted by atomic mass is 10.1. The zero-order valence-corrected chi connectivity index (χ0v) is 8.55. The lowest BCUT2D eigenvalue weighted by Crippen LogP contribution is -2.21. The molecule has 2 heteroatoms. The second-order valence-corrected chi connectivity index (χ2v) is 3.79. The highest BCUT2D eigenvalue weighted by molar-refractivity contribution is 5.51. The predicted molar refractivity (Wildman–Crippen MR) is 60.7 cm³/mol. The fourth-order valence-electron chi connectivity index (χ4n) is 1.86. The fraction of sp³-hybridized carbons (Fsp3) is 0.500. The molecular weight excluding hydrogens is 172 g/mol. The maximum Gasteiger partial charge on any atom is 0.0373 e. The predicted octanol–water partition coefficient (Wildman–Crippen LogP) is 2.02. The Morgan fingerprint density at radius 3 is 2.79 bits per heavy atom. The van der Waals surface area contributed by atoms with Crippen molar-refractivity contribution in [2.75, 3.05) is 25.0 Å². The van der Waals surface area contributed by atoms with Crippen LogP contribution >= 0.6 is 0 Å². The van der Waals surface area contributed by atoms with Crippen LogP contribution in [0, 0.1) is 0 Å². The number of hydrogen-bond acceptors (Lipinski definition) is 2. The molecule has 2 N–H and O–H groups in total. The van der Waals surface area contributed by atoms with E-state index >= 15 is 0 Å². The summed E-state index contributed by atoms with van der Waals surface area (Å²) in [5.74, 6) is 0. The third-order valence-corrected chi connectivity index (χ3v) is 2.68. The van der Waals surface area contributed by atoms with Crippen LogP contribution in [0.5, 0.6) is 0 Å². The van der Waals surface area contributed by atoms with Crippen LogP contribution in [-0.2, 0) is 6.42 Å². The number of rotatable bonds is 0. The molecule has 0 unspecified atom stereocenters. The van der Waals surface area contributed by atoms with Crippen LogP contribution in [0.2, 0.25) is 0 Å². The molecule has 1 aromatic carbocycles. The summed E-state index contributed by atoms with van der Waals surface area (Å²) in [6, 6.07) is 8.61. The van der Waals surface area contributed by atoms with Gasteiger partial charge in [-0.25, -0.2) is 0 Å². The highest BCUT2D eigenvalue weighted by Crippen LogP contribution is 2.15. The summed E-state index contributed by atoms with van der Waals surface area (Å²) in [6.07, 6.45) is 3.65. The molecule has 1 aliphatic heterocycles. The monoisotopic (exact) mass is 190 g/mol. The zero-order chi connectivity index (χ0) is 9.64. The molecule has 0 atom stereocenters. The Kier molecular flexibility index (Phi) is 3.41. The molecule has 1 aliphatic rings. The van der Waals surface area contributed by atoms with Crippen molar-refractivity contribution in [1.82, 2.24) is 5.32 Å². The molecule has 0 aromatic heterocycles. The Hall–Kier alpha value is -1.02. The minimum absolute atomic E-state index is 1.10. The van der Waals surface area contributed by atoms with Gasteiger partial charge in [-0.05, 0) is 44.0 Å². The number of nitrogens with one attached hydrogen (secondary N) is 2. The van der Waals surface area contributed by atoms with Crippen LogP contribution in [-0.4, -0.2) is 19.6 Å². The quantitative estimate of drug-likeness (QED) is 0.654. The molecule has 0 radical (unpaired) electrons. The summed E-state index contributed by atoms with van der Waals surface area (Å²) in [4.78, 5) is 0. The Morgan fingerprint density at radius 2 is 1.79 bits per heavy atom. The van der Waals surface area contributed by atoms with Crippen molar-refractivity contribution >= 4 is 5.69 Å². The average molecular weight is 190 g/mol. The second-order valence-electron chi connectivity index (χ2n) is 3.79. The first-order valence-corrected chi connectivity index (χ1v) is 5.49. The molecule has 0 fully saturated rings. The lowest BCUT2D eigenvalue weighted by Gasteiger charge is -2.14. The van der Waals surface area contributed by atoms with Crippen LogP contribution < -0.4 is 10.6 Å². The third kappa shape index (κ3) is 2.48. The van der Waals surface area contributed by atoms with Gasteiger partial charge >= 0.3 is 0 Å². The Morgan fingerprint density at radius 1 is 0.929 bits per heavy atom. The van der Waals surface area contributed by atoms with Gasteiger partial charge < -0.3 is 10.6 Å². The first kappa shape index (κ1) is 9.53. The number of benzene rings is 1. The molecule has 0 amide bonds. The van der Waals surface area contributed by atoms with E-state index < -0.39 is 0 Å². The zero-order valence-electron chi connectivity index (χ0n) is 8.55. The molecule has 0 spiro atoms. The molecule has 14 heavy (non-hydrogen) atoms. The summed E-state index contributed by atoms with van der Waals surface area (Å²) >= 11 is 0. The molecule has 0 saturated carbocycles. The number of hydrogen-bond donors (Lipinski definition) is 2. The molecule has 0 saturated heterocycles. The topological polar surface area (TPSA) is 24.1 Å². The largest absolute Gasteiger partial charge is 0.385 e. The summed E-state index contributed by atoms with van der Waals surface area (Å²) in [5, 5.41) is 6.97. The van der Waals surface area contributed by atoms with E-state index in [0.717, 1.165) is 26.1 Å². The summed E-state index contributed by atoms with van der Waals surface area (Å²) < 4.78 is 0. The SMILES string of the molecule is c1ccc2c(c1)CCNCCCCN2. The third-order valence-electron chi connectivity index (χ3n) is 2.68. The van der Waals surface area contributed by atoms with Crippen LogP contribution in [0.4, 0.5) is 5.69 Å². The Bertz CT molecular complexity index is 254. The molecule has 76 valence electrons. The van der Waals surface area contributed by atoms with Gasteiger partial charge in [0.2, 0.25) is 0 Å². The van der Waals surface area contributed by atoms with Crippen molar-refractivity contribution in [3.8, 4) is 0 Å². The minimum Gasteiger partial charge on any atom is -0.385 e. The van der Waals surface area contributed by atoms with Crippen molar-refractivity contribution < 1.29 is 0 Å². The number of para-hydroxylation sites is 1. The van der Waals surface area contributed by atoms with Gasteiger partial charge in [0.05, 0.1) is 0 Å². The molecular formula is C12H18N2. The van der Waals surface area contributed by atoms with Gasteiger partial charge in [0.1, 0.15) is 0 Å². The highest BCUT2D eigenvalue weighted by Gasteiger charge is 2.02. The minimum atomic E-state index is 1.10. The first-order valence-electron chi connectivity index (χ1n) is 5.49. The highest BCUT2D eigenvalue weighted by atomic mass is 14.9. The van der Waals surface area contributed by atoms with Crippen LogP contribution in [0.3, 0.4) is 0 Å².